The summed E-state index contributed by atoms with van der Waals surface area (Å²) in [7, 11) is 1.93. The van der Waals surface area contributed by atoms with E-state index in [-0.39, 0.29) is 18.0 Å². The molecule has 0 unspecified atom stereocenters. The van der Waals surface area contributed by atoms with E-state index in [0.29, 0.717) is 11.6 Å². The smallest absolute Gasteiger partial charge is 0.182 e. The van der Waals surface area contributed by atoms with Gasteiger partial charge >= 0.3 is 0 Å². The van der Waals surface area contributed by atoms with Crippen molar-refractivity contribution >= 4 is 5.69 Å². The summed E-state index contributed by atoms with van der Waals surface area (Å²) in [5, 5.41) is 0. The highest BCUT2D eigenvalue weighted by Gasteiger charge is 2.48. The molecule has 4 heteroatoms. The monoisotopic (exact) mass is 418 g/mol. The number of hydrogen-bond acceptors (Lipinski definition) is 2. The maximum absolute atomic E-state index is 14.8. The van der Waals surface area contributed by atoms with E-state index in [0.717, 1.165) is 25.9 Å². The average molecular weight is 419 g/mol. The highest BCUT2D eigenvalue weighted by Crippen LogP contribution is 2.45. The first kappa shape index (κ1) is 20.2. The number of nitrogens with zero attached hydrogens (tertiary/aromatic N) is 2. The minimum absolute atomic E-state index is 0.101. The zero-order valence-electron chi connectivity index (χ0n) is 17.8. The molecule has 2 atom stereocenters. The third-order valence-electron chi connectivity index (χ3n) is 7.25. The number of likely N-dealkylation sites (N-methyl/N-ethyl adjacent to an activating group) is 1. The molecule has 0 aromatic heterocycles. The van der Waals surface area contributed by atoms with E-state index >= 15 is 0 Å². The molecule has 0 aliphatic carbocycles. The van der Waals surface area contributed by atoms with Gasteiger partial charge in [-0.15, -0.1) is 0 Å². The first-order chi connectivity index (χ1) is 15.1. The van der Waals surface area contributed by atoms with Crippen molar-refractivity contribution in [3.63, 3.8) is 0 Å². The molecule has 31 heavy (non-hydrogen) atoms. The Balaban J connectivity index is 1.62. The summed E-state index contributed by atoms with van der Waals surface area (Å²) in [6, 6.07) is 26.0. The van der Waals surface area contributed by atoms with Crippen LogP contribution in [-0.4, -0.2) is 37.1 Å². The van der Waals surface area contributed by atoms with Gasteiger partial charge in [-0.2, -0.15) is 0 Å². The highest BCUT2D eigenvalue weighted by molar-refractivity contribution is 5.50. The van der Waals surface area contributed by atoms with Crippen molar-refractivity contribution in [2.75, 3.05) is 25.0 Å². The molecule has 0 radical (unpaired) electrons. The molecule has 0 N–H and O–H groups in total. The Labute approximate surface area is 183 Å². The summed E-state index contributed by atoms with van der Waals surface area (Å²) in [5.74, 6) is -0.923. The number of anilines is 1. The van der Waals surface area contributed by atoms with Gasteiger partial charge in [-0.3, -0.25) is 4.90 Å². The molecule has 6 rings (SSSR count). The predicted molar refractivity (Wildman–Crippen MR) is 121 cm³/mol. The third-order valence-corrected chi connectivity index (χ3v) is 7.25. The molecule has 0 saturated carbocycles. The Bertz CT molecular complexity index is 976. The Morgan fingerprint density at radius 2 is 1.39 bits per heavy atom. The molecular weight excluding hydrogens is 390 g/mol. The highest BCUT2D eigenvalue weighted by atomic mass is 19.2. The third kappa shape index (κ3) is 3.63. The van der Waals surface area contributed by atoms with Gasteiger partial charge in [-0.25, -0.2) is 8.78 Å². The Morgan fingerprint density at radius 1 is 0.806 bits per heavy atom. The molecule has 3 aliphatic rings. The molecule has 3 aromatic rings. The summed E-state index contributed by atoms with van der Waals surface area (Å²) in [6.07, 6.45) is 2.19. The maximum Gasteiger partial charge on any atom is 0.182 e. The molecule has 160 valence electrons. The van der Waals surface area contributed by atoms with Crippen LogP contribution in [0, 0.1) is 17.6 Å². The Morgan fingerprint density at radius 3 is 1.97 bits per heavy atom. The Kier molecular flexibility index (Phi) is 5.49. The number of benzene rings is 3. The van der Waals surface area contributed by atoms with E-state index in [1.54, 1.807) is 12.1 Å². The topological polar surface area (TPSA) is 6.48 Å². The van der Waals surface area contributed by atoms with Gasteiger partial charge in [0.05, 0.1) is 5.69 Å². The lowest BCUT2D eigenvalue weighted by atomic mass is 9.70. The number of halogens is 2. The van der Waals surface area contributed by atoms with Crippen molar-refractivity contribution in [1.82, 2.24) is 4.90 Å². The second-order valence-electron chi connectivity index (χ2n) is 8.84. The van der Waals surface area contributed by atoms with Crippen molar-refractivity contribution in [2.24, 2.45) is 5.92 Å². The zero-order chi connectivity index (χ0) is 21.4. The van der Waals surface area contributed by atoms with Crippen LogP contribution in [-0.2, 0) is 0 Å². The SMILES string of the molecule is CN(c1cccc(F)c1F)[C@@H]1C2CCN(CC2)[C@@H]1C(c1ccccc1)c1ccccc1. The van der Waals surface area contributed by atoms with E-state index in [4.69, 9.17) is 0 Å². The van der Waals surface area contributed by atoms with Gasteiger partial charge in [0.1, 0.15) is 0 Å². The normalized spacial score (nSPS) is 25.0. The minimum Gasteiger partial charge on any atom is -0.367 e. The quantitative estimate of drug-likeness (QED) is 0.525. The van der Waals surface area contributed by atoms with Crippen molar-refractivity contribution in [3.8, 4) is 0 Å². The van der Waals surface area contributed by atoms with Crippen LogP contribution in [0.15, 0.2) is 78.9 Å². The van der Waals surface area contributed by atoms with Gasteiger partial charge in [0, 0.05) is 25.0 Å². The van der Waals surface area contributed by atoms with Crippen molar-refractivity contribution in [2.45, 2.75) is 30.8 Å². The van der Waals surface area contributed by atoms with Gasteiger partial charge in [-0.05, 0) is 55.1 Å². The minimum atomic E-state index is -0.787. The van der Waals surface area contributed by atoms with E-state index in [1.165, 1.54) is 17.2 Å². The van der Waals surface area contributed by atoms with Gasteiger partial charge in [-0.1, -0.05) is 66.7 Å². The van der Waals surface area contributed by atoms with Gasteiger partial charge in [0.25, 0.3) is 0 Å². The first-order valence-electron chi connectivity index (χ1n) is 11.2. The molecule has 2 bridgehead atoms. The summed E-state index contributed by atoms with van der Waals surface area (Å²) < 4.78 is 28.9. The molecule has 0 spiro atoms. The first-order valence-corrected chi connectivity index (χ1v) is 11.2. The second-order valence-corrected chi connectivity index (χ2v) is 8.84. The van der Waals surface area contributed by atoms with Crippen LogP contribution in [0.1, 0.15) is 29.9 Å². The lowest BCUT2D eigenvalue weighted by Crippen LogP contribution is -2.65. The largest absolute Gasteiger partial charge is 0.367 e. The van der Waals surface area contributed by atoms with Crippen molar-refractivity contribution in [1.29, 1.82) is 0 Å². The molecule has 3 fully saturated rings. The molecule has 3 heterocycles. The van der Waals surface area contributed by atoms with Crippen LogP contribution >= 0.6 is 0 Å². The molecule has 3 saturated heterocycles. The lowest BCUT2D eigenvalue weighted by Gasteiger charge is -2.56. The average Bonchev–Trinajstić information content (AvgIpc) is 2.83. The second kappa shape index (κ2) is 8.43. The van der Waals surface area contributed by atoms with Crippen LogP contribution in [0.2, 0.25) is 0 Å². The van der Waals surface area contributed by atoms with Gasteiger partial charge < -0.3 is 4.90 Å². The maximum atomic E-state index is 14.8. The number of fused-ring (bicyclic) bond motifs is 3. The van der Waals surface area contributed by atoms with E-state index < -0.39 is 11.6 Å². The van der Waals surface area contributed by atoms with E-state index in [2.05, 4.69) is 53.4 Å². The van der Waals surface area contributed by atoms with Crippen molar-refractivity contribution in [3.05, 3.63) is 102 Å². The molecular formula is C27H28F2N2. The van der Waals surface area contributed by atoms with Crippen molar-refractivity contribution < 1.29 is 8.78 Å². The molecule has 3 aliphatic heterocycles. The molecule has 3 aromatic carbocycles. The lowest BCUT2D eigenvalue weighted by molar-refractivity contribution is 0.0184. The predicted octanol–water partition coefficient (Wildman–Crippen LogP) is 5.70. The van der Waals surface area contributed by atoms with Gasteiger partial charge in [0.15, 0.2) is 11.6 Å². The number of hydrogen-bond donors (Lipinski definition) is 0. The van der Waals surface area contributed by atoms with Crippen LogP contribution < -0.4 is 4.90 Å². The van der Waals surface area contributed by atoms with Crippen LogP contribution in [0.3, 0.4) is 0 Å². The number of piperidine rings is 3. The van der Waals surface area contributed by atoms with E-state index in [1.807, 2.05) is 24.1 Å². The molecule has 2 nitrogen and oxygen atoms in total. The summed E-state index contributed by atoms with van der Waals surface area (Å²) >= 11 is 0. The summed E-state index contributed by atoms with van der Waals surface area (Å²) in [4.78, 5) is 4.58. The fourth-order valence-electron chi connectivity index (χ4n) is 5.84. The summed E-state index contributed by atoms with van der Waals surface area (Å²) in [6.45, 7) is 2.11. The van der Waals surface area contributed by atoms with E-state index in [9.17, 15) is 8.78 Å². The fourth-order valence-corrected chi connectivity index (χ4v) is 5.84. The van der Waals surface area contributed by atoms with Gasteiger partial charge in [0.2, 0.25) is 0 Å². The van der Waals surface area contributed by atoms with Crippen LogP contribution in [0.25, 0.3) is 0 Å². The summed E-state index contributed by atoms with van der Waals surface area (Å²) in [5.41, 5.74) is 2.89. The Hall–Kier alpha value is -2.72. The number of rotatable bonds is 5. The zero-order valence-corrected chi connectivity index (χ0v) is 17.8. The molecule has 0 amide bonds. The fraction of sp³-hybridized carbons (Fsp3) is 0.333. The van der Waals surface area contributed by atoms with Crippen LogP contribution in [0.5, 0.6) is 0 Å². The van der Waals surface area contributed by atoms with Crippen LogP contribution in [0.4, 0.5) is 14.5 Å². The standard InChI is InChI=1S/C27H28F2N2/c1-30(23-14-8-13-22(28)25(23)29)26-21-15-17-31(18-16-21)27(26)24(19-9-4-2-5-10-19)20-11-6-3-7-12-20/h2-14,21,24,26-27H,15-18H2,1H3/t26-,27-/m1/s1.